The predicted octanol–water partition coefficient (Wildman–Crippen LogP) is 3.18. The fraction of sp³-hybridized carbons (Fsp3) is 0.300. The van der Waals surface area contributed by atoms with E-state index in [9.17, 15) is 26.8 Å². The number of Topliss-reactive ketones (excluding diaryl/α,β-unsaturated/α-hetero) is 1. The molecule has 0 unspecified atom stereocenters. The average molecular weight is 423 g/mol. The summed E-state index contributed by atoms with van der Waals surface area (Å²) in [5.74, 6) is -3.48. The van der Waals surface area contributed by atoms with Gasteiger partial charge in [-0.2, -0.15) is 4.31 Å². The Labute approximate surface area is 167 Å². The molecule has 2 aromatic rings. The van der Waals surface area contributed by atoms with Crippen LogP contribution < -0.4 is 0 Å². The molecule has 3 rings (SSSR count). The minimum absolute atomic E-state index is 0.219. The van der Waals surface area contributed by atoms with Crippen molar-refractivity contribution < 1.29 is 31.5 Å². The number of hydrogen-bond donors (Lipinski definition) is 0. The van der Waals surface area contributed by atoms with Crippen LogP contribution in [0.2, 0.25) is 0 Å². The number of carbonyl (C=O) groups is 2. The summed E-state index contributed by atoms with van der Waals surface area (Å²) in [7, 11) is -4.09. The fourth-order valence-electron chi connectivity index (χ4n) is 3.05. The molecule has 0 amide bonds. The van der Waals surface area contributed by atoms with Crippen molar-refractivity contribution in [2.45, 2.75) is 24.2 Å². The average Bonchev–Trinajstić information content (AvgIpc) is 2.73. The summed E-state index contributed by atoms with van der Waals surface area (Å²) in [5.41, 5.74) is -0.448. The van der Waals surface area contributed by atoms with Crippen molar-refractivity contribution in [1.29, 1.82) is 0 Å². The molecule has 0 radical (unpaired) electrons. The second kappa shape index (κ2) is 8.79. The zero-order chi connectivity index (χ0) is 21.0. The lowest BCUT2D eigenvalue weighted by atomic mass is 10.1. The molecule has 0 bridgehead atoms. The number of halogens is 2. The molecule has 0 spiro atoms. The monoisotopic (exact) mass is 423 g/mol. The molecule has 1 aliphatic rings. The van der Waals surface area contributed by atoms with Crippen LogP contribution in [0.15, 0.2) is 47.4 Å². The number of ketones is 1. The van der Waals surface area contributed by atoms with E-state index >= 15 is 0 Å². The lowest BCUT2D eigenvalue weighted by molar-refractivity contribution is 0.0473. The number of ether oxygens (including phenoxy) is 1. The van der Waals surface area contributed by atoms with E-state index < -0.39 is 44.9 Å². The molecule has 2 aromatic carbocycles. The molecule has 0 saturated carbocycles. The minimum atomic E-state index is -4.09. The Morgan fingerprint density at radius 3 is 2.34 bits per heavy atom. The lowest BCUT2D eigenvalue weighted by Crippen LogP contribution is -2.36. The number of carbonyl (C=O) groups excluding carboxylic acids is 2. The number of nitrogens with zero attached hydrogens (tertiary/aromatic N) is 1. The van der Waals surface area contributed by atoms with Crippen LogP contribution >= 0.6 is 0 Å². The summed E-state index contributed by atoms with van der Waals surface area (Å²) in [6.45, 7) is -0.160. The maximum atomic E-state index is 14.2. The van der Waals surface area contributed by atoms with E-state index in [1.165, 1.54) is 22.5 Å². The van der Waals surface area contributed by atoms with Gasteiger partial charge in [0.05, 0.1) is 11.1 Å². The molecule has 0 aliphatic carbocycles. The van der Waals surface area contributed by atoms with Crippen LogP contribution in [0, 0.1) is 11.6 Å². The summed E-state index contributed by atoms with van der Waals surface area (Å²) < 4.78 is 59.3. The molecule has 0 N–H and O–H groups in total. The number of piperidine rings is 1. The fourth-order valence-corrected chi connectivity index (χ4v) is 4.66. The van der Waals surface area contributed by atoms with Crippen molar-refractivity contribution in [3.63, 3.8) is 0 Å². The Morgan fingerprint density at radius 2 is 1.66 bits per heavy atom. The highest BCUT2D eigenvalue weighted by Crippen LogP contribution is 2.24. The summed E-state index contributed by atoms with van der Waals surface area (Å²) >= 11 is 0. The normalized spacial score (nSPS) is 15.1. The third-order valence-electron chi connectivity index (χ3n) is 4.61. The maximum absolute atomic E-state index is 14.2. The smallest absolute Gasteiger partial charge is 0.338 e. The molecule has 0 aromatic heterocycles. The first-order chi connectivity index (χ1) is 13.8. The van der Waals surface area contributed by atoms with E-state index in [4.69, 9.17) is 4.74 Å². The highest BCUT2D eigenvalue weighted by Gasteiger charge is 2.29. The van der Waals surface area contributed by atoms with Crippen LogP contribution in [0.3, 0.4) is 0 Å². The zero-order valence-electron chi connectivity index (χ0n) is 15.4. The van der Waals surface area contributed by atoms with Crippen molar-refractivity contribution in [3.8, 4) is 0 Å². The summed E-state index contributed by atoms with van der Waals surface area (Å²) in [6.07, 6.45) is 2.26. The molecule has 6 nitrogen and oxygen atoms in total. The van der Waals surface area contributed by atoms with Crippen LogP contribution in [0.25, 0.3) is 0 Å². The van der Waals surface area contributed by atoms with Crippen LogP contribution in [0.1, 0.15) is 40.0 Å². The highest BCUT2D eigenvalue weighted by atomic mass is 32.2. The van der Waals surface area contributed by atoms with Gasteiger partial charge in [0.1, 0.15) is 16.5 Å². The van der Waals surface area contributed by atoms with Gasteiger partial charge in [0.25, 0.3) is 0 Å². The standard InChI is InChI=1S/C20H19F2NO5S/c21-16-7-3-2-6-15(16)18(24)13-28-20(25)14-8-9-17(22)19(12-14)29(26,27)23-10-4-1-5-11-23/h2-3,6-9,12H,1,4-5,10-11,13H2. The Hall–Kier alpha value is -2.65. The van der Waals surface area contributed by atoms with Gasteiger partial charge in [0, 0.05) is 13.1 Å². The van der Waals surface area contributed by atoms with E-state index in [1.54, 1.807) is 0 Å². The molecule has 29 heavy (non-hydrogen) atoms. The largest absolute Gasteiger partial charge is 0.454 e. The summed E-state index contributed by atoms with van der Waals surface area (Å²) in [4.78, 5) is 23.6. The Bertz CT molecular complexity index is 1030. The van der Waals surface area contributed by atoms with Crippen molar-refractivity contribution in [1.82, 2.24) is 4.31 Å². The Kier molecular flexibility index (Phi) is 6.39. The third-order valence-corrected chi connectivity index (χ3v) is 6.52. The SMILES string of the molecule is O=C(OCC(=O)c1ccccc1F)c1ccc(F)c(S(=O)(=O)N2CCCCC2)c1. The topological polar surface area (TPSA) is 80.8 Å². The third kappa shape index (κ3) is 4.68. The Balaban J connectivity index is 1.76. The van der Waals surface area contributed by atoms with Crippen molar-refractivity contribution >= 4 is 21.8 Å². The summed E-state index contributed by atoms with van der Waals surface area (Å²) in [5, 5.41) is 0. The van der Waals surface area contributed by atoms with Crippen LogP contribution in [0.4, 0.5) is 8.78 Å². The van der Waals surface area contributed by atoms with Gasteiger partial charge in [-0.25, -0.2) is 22.0 Å². The van der Waals surface area contributed by atoms with Gasteiger partial charge < -0.3 is 4.74 Å². The van der Waals surface area contributed by atoms with Crippen LogP contribution in [0.5, 0.6) is 0 Å². The van der Waals surface area contributed by atoms with Gasteiger partial charge in [-0.05, 0) is 43.2 Å². The maximum Gasteiger partial charge on any atom is 0.338 e. The van der Waals surface area contributed by atoms with E-state index in [1.807, 2.05) is 0 Å². The number of esters is 1. The number of rotatable bonds is 6. The van der Waals surface area contributed by atoms with Crippen LogP contribution in [-0.4, -0.2) is 44.2 Å². The first-order valence-electron chi connectivity index (χ1n) is 9.05. The molecule has 154 valence electrons. The van der Waals surface area contributed by atoms with Crippen LogP contribution in [-0.2, 0) is 14.8 Å². The van der Waals surface area contributed by atoms with Crippen molar-refractivity contribution in [2.24, 2.45) is 0 Å². The number of benzene rings is 2. The first-order valence-corrected chi connectivity index (χ1v) is 10.5. The van der Waals surface area contributed by atoms with Gasteiger partial charge in [0.2, 0.25) is 15.8 Å². The van der Waals surface area contributed by atoms with Gasteiger partial charge in [-0.1, -0.05) is 18.6 Å². The minimum Gasteiger partial charge on any atom is -0.454 e. The number of sulfonamides is 1. The van der Waals surface area contributed by atoms with Gasteiger partial charge in [0.15, 0.2) is 6.61 Å². The van der Waals surface area contributed by atoms with Gasteiger partial charge >= 0.3 is 5.97 Å². The van der Waals surface area contributed by atoms with E-state index in [-0.39, 0.29) is 24.2 Å². The quantitative estimate of drug-likeness (QED) is 0.527. The molecule has 1 aliphatic heterocycles. The molecular weight excluding hydrogens is 404 g/mol. The van der Waals surface area contributed by atoms with E-state index in [0.29, 0.717) is 12.8 Å². The molecular formula is C20H19F2NO5S. The lowest BCUT2D eigenvalue weighted by Gasteiger charge is -2.26. The van der Waals surface area contributed by atoms with Gasteiger partial charge in [-0.15, -0.1) is 0 Å². The molecule has 9 heteroatoms. The Morgan fingerprint density at radius 1 is 0.966 bits per heavy atom. The second-order valence-electron chi connectivity index (χ2n) is 6.59. The van der Waals surface area contributed by atoms with Gasteiger partial charge in [-0.3, -0.25) is 4.79 Å². The molecule has 1 fully saturated rings. The molecule has 0 atom stereocenters. The first kappa shape index (κ1) is 21.1. The zero-order valence-corrected chi connectivity index (χ0v) is 16.3. The highest BCUT2D eigenvalue weighted by molar-refractivity contribution is 7.89. The number of hydrogen-bond acceptors (Lipinski definition) is 5. The van der Waals surface area contributed by atoms with Crippen molar-refractivity contribution in [2.75, 3.05) is 19.7 Å². The van der Waals surface area contributed by atoms with Crippen molar-refractivity contribution in [3.05, 3.63) is 65.2 Å². The molecule has 1 saturated heterocycles. The molecule has 1 heterocycles. The van der Waals surface area contributed by atoms with E-state index in [2.05, 4.69) is 0 Å². The second-order valence-corrected chi connectivity index (χ2v) is 8.50. The van der Waals surface area contributed by atoms with E-state index in [0.717, 1.165) is 30.7 Å². The summed E-state index contributed by atoms with van der Waals surface area (Å²) in [6, 6.07) is 8.08. The predicted molar refractivity (Wildman–Crippen MR) is 100 cm³/mol.